The molecule has 128 valence electrons. The number of ether oxygens (including phenoxy) is 1. The summed E-state index contributed by atoms with van der Waals surface area (Å²) in [5.74, 6) is 0.648. The molecule has 0 N–H and O–H groups in total. The second kappa shape index (κ2) is 6.93. The molecule has 0 bridgehead atoms. The smallest absolute Gasteiger partial charge is 0.259 e. The zero-order chi connectivity index (χ0) is 18.0. The van der Waals surface area contributed by atoms with Crippen molar-refractivity contribution in [3.05, 3.63) is 76.7 Å². The number of fused-ring (bicyclic) bond motifs is 1. The van der Waals surface area contributed by atoms with Crippen LogP contribution >= 0.6 is 0 Å². The van der Waals surface area contributed by atoms with Crippen LogP contribution in [0.2, 0.25) is 0 Å². The molecule has 1 atom stereocenters. The van der Waals surface area contributed by atoms with Crippen molar-refractivity contribution in [3.8, 4) is 5.75 Å². The predicted molar refractivity (Wildman–Crippen MR) is 99.5 cm³/mol. The molecule has 0 aliphatic carbocycles. The highest BCUT2D eigenvalue weighted by Crippen LogP contribution is 2.21. The quantitative estimate of drug-likeness (QED) is 0.656. The first kappa shape index (κ1) is 17.0. The second-order valence-corrected chi connectivity index (χ2v) is 6.35. The number of ketones is 1. The average molecular weight is 335 g/mol. The van der Waals surface area contributed by atoms with Crippen molar-refractivity contribution in [2.45, 2.75) is 32.9 Å². The summed E-state index contributed by atoms with van der Waals surface area (Å²) in [6, 6.07) is 15.7. The van der Waals surface area contributed by atoms with Gasteiger partial charge in [0.25, 0.3) is 5.56 Å². The minimum Gasteiger partial charge on any atom is -0.491 e. The molecule has 1 unspecified atom stereocenters. The van der Waals surface area contributed by atoms with Gasteiger partial charge in [-0.15, -0.1) is 0 Å². The normalized spacial score (nSPS) is 12.3. The molecule has 0 aliphatic heterocycles. The molecule has 4 nitrogen and oxygen atoms in total. The molecule has 0 amide bonds. The Balaban J connectivity index is 1.99. The number of aromatic nitrogens is 1. The van der Waals surface area contributed by atoms with Gasteiger partial charge in [0.1, 0.15) is 5.75 Å². The van der Waals surface area contributed by atoms with E-state index < -0.39 is 6.04 Å². The van der Waals surface area contributed by atoms with Crippen LogP contribution in [0.15, 0.2) is 65.6 Å². The summed E-state index contributed by atoms with van der Waals surface area (Å²) in [5.41, 5.74) is 0.424. The highest BCUT2D eigenvalue weighted by atomic mass is 16.5. The van der Waals surface area contributed by atoms with Gasteiger partial charge in [-0.3, -0.25) is 9.59 Å². The molecule has 1 heterocycles. The van der Waals surface area contributed by atoms with Gasteiger partial charge < -0.3 is 9.30 Å². The molecular formula is C21H21NO3. The van der Waals surface area contributed by atoms with E-state index in [2.05, 4.69) is 0 Å². The summed E-state index contributed by atoms with van der Waals surface area (Å²) in [4.78, 5) is 25.4. The van der Waals surface area contributed by atoms with Crippen molar-refractivity contribution < 1.29 is 9.53 Å². The van der Waals surface area contributed by atoms with Crippen molar-refractivity contribution in [2.75, 3.05) is 0 Å². The molecule has 3 aromatic rings. The van der Waals surface area contributed by atoms with Crippen molar-refractivity contribution in [2.24, 2.45) is 0 Å². The largest absolute Gasteiger partial charge is 0.491 e. The summed E-state index contributed by atoms with van der Waals surface area (Å²) in [5, 5.41) is 1.38. The third-order valence-electron chi connectivity index (χ3n) is 4.13. The third kappa shape index (κ3) is 3.48. The van der Waals surface area contributed by atoms with E-state index >= 15 is 0 Å². The molecule has 0 saturated carbocycles. The average Bonchev–Trinajstić information content (AvgIpc) is 2.61. The van der Waals surface area contributed by atoms with Crippen LogP contribution in [0.3, 0.4) is 0 Å². The predicted octanol–water partition coefficient (Wildman–Crippen LogP) is 4.23. The van der Waals surface area contributed by atoms with Crippen LogP contribution in [-0.4, -0.2) is 16.5 Å². The fourth-order valence-electron chi connectivity index (χ4n) is 2.86. The van der Waals surface area contributed by atoms with Gasteiger partial charge in [0.2, 0.25) is 0 Å². The third-order valence-corrected chi connectivity index (χ3v) is 4.13. The van der Waals surface area contributed by atoms with E-state index in [-0.39, 0.29) is 17.4 Å². The highest BCUT2D eigenvalue weighted by Gasteiger charge is 2.18. The van der Waals surface area contributed by atoms with Crippen molar-refractivity contribution >= 4 is 16.6 Å². The Kier molecular flexibility index (Phi) is 4.70. The summed E-state index contributed by atoms with van der Waals surface area (Å²) in [7, 11) is 0. The monoisotopic (exact) mass is 335 g/mol. The lowest BCUT2D eigenvalue weighted by molar-refractivity contribution is 0.0933. The fraction of sp³-hybridized carbons (Fsp3) is 0.238. The molecule has 4 heteroatoms. The molecule has 1 aromatic heterocycles. The van der Waals surface area contributed by atoms with Crippen LogP contribution in [0.4, 0.5) is 0 Å². The number of hydrogen-bond acceptors (Lipinski definition) is 3. The van der Waals surface area contributed by atoms with E-state index in [0.717, 1.165) is 11.1 Å². The number of rotatable bonds is 5. The minimum absolute atomic E-state index is 0.0707. The standard InChI is InChI=1S/C21H21NO3/c1-14(2)25-18-9-10-19-17(13-18)11-12-22(21(19)24)15(3)20(23)16-7-5-4-6-8-16/h4-15H,1-3H3. The van der Waals surface area contributed by atoms with Gasteiger partial charge in [-0.25, -0.2) is 0 Å². The Labute approximate surface area is 146 Å². The van der Waals surface area contributed by atoms with Gasteiger partial charge in [-0.05, 0) is 50.4 Å². The van der Waals surface area contributed by atoms with Crippen LogP contribution < -0.4 is 10.3 Å². The van der Waals surface area contributed by atoms with Crippen molar-refractivity contribution in [3.63, 3.8) is 0 Å². The van der Waals surface area contributed by atoms with Crippen LogP contribution in [0.25, 0.3) is 10.8 Å². The summed E-state index contributed by atoms with van der Waals surface area (Å²) < 4.78 is 7.16. The highest BCUT2D eigenvalue weighted by molar-refractivity contribution is 5.99. The second-order valence-electron chi connectivity index (χ2n) is 6.35. The Morgan fingerprint density at radius 1 is 1.00 bits per heavy atom. The van der Waals surface area contributed by atoms with E-state index in [1.807, 2.05) is 44.2 Å². The number of carbonyl (C=O) groups is 1. The van der Waals surface area contributed by atoms with Crippen LogP contribution in [-0.2, 0) is 0 Å². The van der Waals surface area contributed by atoms with Gasteiger partial charge >= 0.3 is 0 Å². The molecule has 2 aromatic carbocycles. The maximum Gasteiger partial charge on any atom is 0.259 e. The lowest BCUT2D eigenvalue weighted by Gasteiger charge is -2.15. The van der Waals surface area contributed by atoms with Crippen molar-refractivity contribution in [1.82, 2.24) is 4.57 Å². The van der Waals surface area contributed by atoms with Crippen molar-refractivity contribution in [1.29, 1.82) is 0 Å². The molecule has 25 heavy (non-hydrogen) atoms. The maximum atomic E-state index is 12.8. The molecule has 0 saturated heterocycles. The minimum atomic E-state index is -0.564. The lowest BCUT2D eigenvalue weighted by Crippen LogP contribution is -2.27. The summed E-state index contributed by atoms with van der Waals surface area (Å²) in [6.07, 6.45) is 1.75. The lowest BCUT2D eigenvalue weighted by atomic mass is 10.0. The van der Waals surface area contributed by atoms with E-state index in [1.165, 1.54) is 4.57 Å². The SMILES string of the molecule is CC(C)Oc1ccc2c(=O)n(C(C)C(=O)c3ccccc3)ccc2c1. The Morgan fingerprint density at radius 2 is 1.72 bits per heavy atom. The van der Waals surface area contributed by atoms with Gasteiger partial charge in [-0.1, -0.05) is 30.3 Å². The Bertz CT molecular complexity index is 958. The van der Waals surface area contributed by atoms with Crippen LogP contribution in [0.5, 0.6) is 5.75 Å². The van der Waals surface area contributed by atoms with Crippen LogP contribution in [0.1, 0.15) is 37.2 Å². The number of hydrogen-bond donors (Lipinski definition) is 0. The Morgan fingerprint density at radius 3 is 2.40 bits per heavy atom. The summed E-state index contributed by atoms with van der Waals surface area (Å²) >= 11 is 0. The Hall–Kier alpha value is -2.88. The first-order chi connectivity index (χ1) is 12.0. The molecule has 0 radical (unpaired) electrons. The van der Waals surface area contributed by atoms with E-state index in [0.29, 0.717) is 10.9 Å². The van der Waals surface area contributed by atoms with E-state index in [1.54, 1.807) is 37.4 Å². The first-order valence-corrected chi connectivity index (χ1v) is 8.38. The number of nitrogens with zero attached hydrogens (tertiary/aromatic N) is 1. The zero-order valence-corrected chi connectivity index (χ0v) is 14.6. The number of benzene rings is 2. The summed E-state index contributed by atoms with van der Waals surface area (Å²) in [6.45, 7) is 5.66. The molecular weight excluding hydrogens is 314 g/mol. The van der Waals surface area contributed by atoms with E-state index in [9.17, 15) is 9.59 Å². The number of carbonyl (C=O) groups excluding carboxylic acids is 1. The van der Waals surface area contributed by atoms with Gasteiger partial charge in [-0.2, -0.15) is 0 Å². The molecule has 0 spiro atoms. The van der Waals surface area contributed by atoms with Gasteiger partial charge in [0, 0.05) is 17.1 Å². The molecule has 0 aliphatic rings. The first-order valence-electron chi connectivity index (χ1n) is 8.38. The van der Waals surface area contributed by atoms with E-state index in [4.69, 9.17) is 4.74 Å². The topological polar surface area (TPSA) is 48.3 Å². The number of pyridine rings is 1. The van der Waals surface area contributed by atoms with Crippen LogP contribution in [0, 0.1) is 0 Å². The van der Waals surface area contributed by atoms with Gasteiger partial charge in [0.15, 0.2) is 5.78 Å². The molecule has 3 rings (SSSR count). The maximum absolute atomic E-state index is 12.8. The number of Topliss-reactive ketones (excluding diaryl/α,β-unsaturated/α-hetero) is 1. The zero-order valence-electron chi connectivity index (χ0n) is 14.6. The van der Waals surface area contributed by atoms with Gasteiger partial charge in [0.05, 0.1) is 12.1 Å². The fourth-order valence-corrected chi connectivity index (χ4v) is 2.86. The molecule has 0 fully saturated rings.